The number of benzene rings is 4. The van der Waals surface area contributed by atoms with E-state index < -0.39 is 8.32 Å². The lowest BCUT2D eigenvalue weighted by Crippen LogP contribution is -2.50. The molecule has 1 heterocycles. The lowest BCUT2D eigenvalue weighted by Gasteiger charge is -2.42. The molecule has 2 atom stereocenters. The third kappa shape index (κ3) is 6.39. The molecule has 0 spiro atoms. The Labute approximate surface area is 261 Å². The van der Waals surface area contributed by atoms with Gasteiger partial charge in [0.1, 0.15) is 30.0 Å². The molecule has 4 aromatic carbocycles. The van der Waals surface area contributed by atoms with E-state index in [1.807, 2.05) is 42.5 Å². The number of hydrogen-bond acceptors (Lipinski definition) is 4. The maximum atomic E-state index is 6.94. The van der Waals surface area contributed by atoms with Crippen LogP contribution < -0.4 is 13.9 Å². The summed E-state index contributed by atoms with van der Waals surface area (Å²) in [4.78, 5) is 1.02. The van der Waals surface area contributed by atoms with Crippen molar-refractivity contribution < 1.29 is 13.9 Å². The van der Waals surface area contributed by atoms with Gasteiger partial charge in [-0.15, -0.1) is 11.8 Å². The van der Waals surface area contributed by atoms with Crippen molar-refractivity contribution in [3.63, 3.8) is 0 Å². The highest BCUT2D eigenvalue weighted by atomic mass is 35.5. The summed E-state index contributed by atoms with van der Waals surface area (Å²) in [6.45, 7) is 14.4. The van der Waals surface area contributed by atoms with Gasteiger partial charge < -0.3 is 13.9 Å². The quantitative estimate of drug-likeness (QED) is 0.166. The van der Waals surface area contributed by atoms with E-state index in [2.05, 4.69) is 96.1 Å². The molecule has 5 rings (SSSR count). The molecule has 0 radical (unpaired) electrons. The minimum atomic E-state index is -2.04. The van der Waals surface area contributed by atoms with Crippen molar-refractivity contribution in [1.29, 1.82) is 0 Å². The van der Waals surface area contributed by atoms with Crippen molar-refractivity contribution in [3.8, 4) is 17.2 Å². The molecule has 1 aliphatic rings. The van der Waals surface area contributed by atoms with Crippen LogP contribution in [-0.4, -0.2) is 8.32 Å². The predicted octanol–water partition coefficient (Wildman–Crippen LogP) is 11.4. The van der Waals surface area contributed by atoms with Gasteiger partial charge in [-0.2, -0.15) is 0 Å². The Kier molecular flexibility index (Phi) is 9.61. The van der Waals surface area contributed by atoms with E-state index in [1.54, 1.807) is 11.8 Å². The van der Waals surface area contributed by atoms with Gasteiger partial charge in [-0.3, -0.25) is 0 Å². The van der Waals surface area contributed by atoms with E-state index in [0.717, 1.165) is 27.5 Å². The molecule has 3 nitrogen and oxygen atoms in total. The molecule has 0 fully saturated rings. The molecule has 0 saturated carbocycles. The molecule has 0 saturated heterocycles. The second-order valence-corrected chi connectivity index (χ2v) is 18.9. The zero-order valence-corrected chi connectivity index (χ0v) is 27.9. The minimum absolute atomic E-state index is 0.0593. The summed E-state index contributed by atoms with van der Waals surface area (Å²) < 4.78 is 19.8. The molecule has 42 heavy (non-hydrogen) atoms. The van der Waals surface area contributed by atoms with E-state index in [9.17, 15) is 0 Å². The Balaban J connectivity index is 1.43. The Morgan fingerprint density at radius 2 is 1.36 bits per heavy atom. The van der Waals surface area contributed by atoms with E-state index in [4.69, 9.17) is 25.5 Å². The summed E-state index contributed by atoms with van der Waals surface area (Å²) in [7, 11) is -2.04. The Morgan fingerprint density at radius 1 is 0.762 bits per heavy atom. The van der Waals surface area contributed by atoms with Crippen molar-refractivity contribution in [2.75, 3.05) is 0 Å². The molecule has 6 heteroatoms. The fraction of sp³-hybridized carbons (Fsp3) is 0.333. The van der Waals surface area contributed by atoms with Gasteiger partial charge in [-0.1, -0.05) is 126 Å². The van der Waals surface area contributed by atoms with Gasteiger partial charge in [0.25, 0.3) is 8.32 Å². The van der Waals surface area contributed by atoms with Gasteiger partial charge in [0, 0.05) is 6.07 Å². The predicted molar refractivity (Wildman–Crippen MR) is 179 cm³/mol. The maximum absolute atomic E-state index is 6.94. The Bertz CT molecular complexity index is 1440. The molecular weight excluding hydrogens is 576 g/mol. The largest absolute Gasteiger partial charge is 0.543 e. The van der Waals surface area contributed by atoms with Crippen molar-refractivity contribution in [2.24, 2.45) is 0 Å². The van der Waals surface area contributed by atoms with Crippen molar-refractivity contribution in [1.82, 2.24) is 0 Å². The zero-order chi connectivity index (χ0) is 29.9. The molecular formula is C36H41ClO3SSi. The molecule has 0 amide bonds. The second kappa shape index (κ2) is 13.2. The summed E-state index contributed by atoms with van der Waals surface area (Å²) in [5, 5.41) is 0.604. The van der Waals surface area contributed by atoms with Crippen LogP contribution >= 0.6 is 23.4 Å². The van der Waals surface area contributed by atoms with Crippen LogP contribution in [0.4, 0.5) is 0 Å². The summed E-state index contributed by atoms with van der Waals surface area (Å²) in [6.07, 6.45) is -0.187. The van der Waals surface area contributed by atoms with Crippen LogP contribution in [0.3, 0.4) is 0 Å². The highest BCUT2D eigenvalue weighted by molar-refractivity contribution is 7.99. The van der Waals surface area contributed by atoms with Crippen molar-refractivity contribution >= 4 is 31.7 Å². The maximum Gasteiger partial charge on any atom is 0.258 e. The Hall–Kier alpha value is -2.86. The van der Waals surface area contributed by atoms with Crippen LogP contribution in [-0.2, 0) is 6.61 Å². The number of halogens is 1. The average molecular weight is 617 g/mol. The number of rotatable bonds is 10. The van der Waals surface area contributed by atoms with Crippen LogP contribution in [0.1, 0.15) is 69.6 Å². The fourth-order valence-electron chi connectivity index (χ4n) is 6.36. The van der Waals surface area contributed by atoms with Crippen LogP contribution in [0, 0.1) is 0 Å². The van der Waals surface area contributed by atoms with Gasteiger partial charge in [0.05, 0.1) is 15.2 Å². The molecule has 4 aromatic rings. The molecule has 0 aliphatic carbocycles. The van der Waals surface area contributed by atoms with Crippen LogP contribution in [0.5, 0.6) is 17.2 Å². The van der Waals surface area contributed by atoms with E-state index in [0.29, 0.717) is 34.0 Å². The third-order valence-corrected chi connectivity index (χ3v) is 16.0. The Morgan fingerprint density at radius 3 is 1.95 bits per heavy atom. The van der Waals surface area contributed by atoms with E-state index >= 15 is 0 Å². The summed E-state index contributed by atoms with van der Waals surface area (Å²) in [6, 6.07) is 33.2. The zero-order valence-electron chi connectivity index (χ0n) is 25.3. The van der Waals surface area contributed by atoms with E-state index in [-0.39, 0.29) is 11.4 Å². The molecule has 220 valence electrons. The third-order valence-electron chi connectivity index (χ3n) is 8.36. The number of fused-ring (bicyclic) bond motifs is 1. The second-order valence-electron chi connectivity index (χ2n) is 12.0. The van der Waals surface area contributed by atoms with Crippen LogP contribution in [0.15, 0.2) is 102 Å². The van der Waals surface area contributed by atoms with Crippen molar-refractivity contribution in [2.45, 2.75) is 81.0 Å². The fourth-order valence-corrected chi connectivity index (χ4v) is 13.1. The smallest absolute Gasteiger partial charge is 0.258 e. The first-order valence-electron chi connectivity index (χ1n) is 14.9. The van der Waals surface area contributed by atoms with E-state index in [1.165, 1.54) is 5.56 Å². The van der Waals surface area contributed by atoms with Gasteiger partial charge >= 0.3 is 0 Å². The average Bonchev–Trinajstić information content (AvgIpc) is 2.99. The highest BCUT2D eigenvalue weighted by Crippen LogP contribution is 2.55. The topological polar surface area (TPSA) is 27.7 Å². The first-order chi connectivity index (χ1) is 20.2. The molecule has 0 N–H and O–H groups in total. The first kappa shape index (κ1) is 30.6. The number of thioether (sulfide) groups is 1. The minimum Gasteiger partial charge on any atom is -0.543 e. The number of hydrogen-bond donors (Lipinski definition) is 0. The summed E-state index contributed by atoms with van der Waals surface area (Å²) in [5.74, 6) is 2.39. The summed E-state index contributed by atoms with van der Waals surface area (Å²) >= 11 is 8.50. The first-order valence-corrected chi connectivity index (χ1v) is 18.3. The molecule has 0 unspecified atom stereocenters. The van der Waals surface area contributed by atoms with Gasteiger partial charge in [0.15, 0.2) is 0 Å². The van der Waals surface area contributed by atoms with Crippen LogP contribution in [0.25, 0.3) is 0 Å². The lowest BCUT2D eigenvalue weighted by atomic mass is 10.00. The van der Waals surface area contributed by atoms with Crippen LogP contribution in [0.2, 0.25) is 21.6 Å². The lowest BCUT2D eigenvalue weighted by molar-refractivity contribution is 0.190. The standard InChI is InChI=1S/C36H41ClO3SSi/c1-24(2)42(25(3)4,26(5)6)40-30-19-17-28(18-20-30)35-36(29-15-11-8-12-16-29)41-34-22-32(31(37)21-33(34)39-35)38-23-27-13-9-7-10-14-27/h7-22,24-26,35-36H,23H2,1-6H3/t35-,36+/m1/s1. The van der Waals surface area contributed by atoms with Gasteiger partial charge in [-0.05, 0) is 51.5 Å². The monoisotopic (exact) mass is 616 g/mol. The molecule has 0 aromatic heterocycles. The highest BCUT2D eigenvalue weighted by Gasteiger charge is 2.47. The molecule has 1 aliphatic heterocycles. The number of ether oxygens (including phenoxy) is 2. The van der Waals surface area contributed by atoms with Crippen molar-refractivity contribution in [3.05, 3.63) is 119 Å². The SMILES string of the molecule is CC(C)[Si](Oc1ccc([C@H]2Oc3cc(Cl)c(OCc4ccccc4)cc3S[C@H]2c2ccccc2)cc1)(C(C)C)C(C)C. The molecule has 0 bridgehead atoms. The summed E-state index contributed by atoms with van der Waals surface area (Å²) in [5.41, 5.74) is 4.97. The van der Waals surface area contributed by atoms with Gasteiger partial charge in [-0.25, -0.2) is 0 Å². The normalized spacial score (nSPS) is 16.8. The van der Waals surface area contributed by atoms with Gasteiger partial charge in [0.2, 0.25) is 0 Å².